The minimum absolute atomic E-state index is 0.0233. The summed E-state index contributed by atoms with van der Waals surface area (Å²) in [5, 5.41) is -0.522. The fraction of sp³-hybridized carbons (Fsp3) is 0.312. The van der Waals surface area contributed by atoms with E-state index in [9.17, 15) is 34.8 Å². The number of fused-ring (bicyclic) bond motifs is 2. The number of pyridine rings is 1. The highest BCUT2D eigenvalue weighted by molar-refractivity contribution is 7.91. The van der Waals surface area contributed by atoms with Gasteiger partial charge in [0.15, 0.2) is 31.3 Å². The smallest absolute Gasteiger partial charge is 0.310 e. The molecular weight excluding hydrogens is 472 g/mol. The van der Waals surface area contributed by atoms with Gasteiger partial charge >= 0.3 is 12.4 Å². The first-order chi connectivity index (χ1) is 14.2. The molecule has 0 radical (unpaired) electrons. The van der Waals surface area contributed by atoms with Crippen molar-refractivity contribution in [2.45, 2.75) is 24.3 Å². The maximum Gasteiger partial charge on any atom is 0.427 e. The first kappa shape index (κ1) is 21.5. The highest BCUT2D eigenvalue weighted by Crippen LogP contribution is 2.39. The van der Waals surface area contributed by atoms with Crippen molar-refractivity contribution in [1.82, 2.24) is 23.9 Å². The third-order valence-corrected chi connectivity index (χ3v) is 7.25. The molecule has 0 amide bonds. The fourth-order valence-corrected chi connectivity index (χ4v) is 5.03. The molecular formula is C16H11F6N5O2S2. The number of imidazole rings is 2. The van der Waals surface area contributed by atoms with Crippen LogP contribution in [0.5, 0.6) is 0 Å². The summed E-state index contributed by atoms with van der Waals surface area (Å²) in [7, 11) is -2.70. The molecule has 166 valence electrons. The average Bonchev–Trinajstić information content (AvgIpc) is 3.30. The first-order valence-electron chi connectivity index (χ1n) is 8.46. The van der Waals surface area contributed by atoms with Crippen LogP contribution in [-0.4, -0.2) is 38.1 Å². The van der Waals surface area contributed by atoms with Crippen LogP contribution in [0.15, 0.2) is 23.5 Å². The standard InChI is InChI=1S/C16H11F6N5O2S2/c1-3-31(28,29)13-10(25-14-27(13)6-9(30-14)16(20,21)22)12-24-8-4-7(15(17,18)19)5-23-11(8)26(12)2/h4-6H,3H2,1-2H3. The molecule has 0 aliphatic rings. The molecule has 0 saturated carbocycles. The number of halogens is 6. The van der Waals surface area contributed by atoms with Crippen molar-refractivity contribution in [3.8, 4) is 11.5 Å². The zero-order valence-corrected chi connectivity index (χ0v) is 17.2. The number of alkyl halides is 6. The minimum atomic E-state index is -4.70. The number of hydrogen-bond acceptors (Lipinski definition) is 6. The molecule has 0 aliphatic carbocycles. The lowest BCUT2D eigenvalue weighted by atomic mass is 10.2. The minimum Gasteiger partial charge on any atom is -0.310 e. The summed E-state index contributed by atoms with van der Waals surface area (Å²) in [6.07, 6.45) is -8.13. The van der Waals surface area contributed by atoms with Gasteiger partial charge in [-0.2, -0.15) is 26.3 Å². The van der Waals surface area contributed by atoms with Crippen LogP contribution in [0, 0.1) is 0 Å². The van der Waals surface area contributed by atoms with Gasteiger partial charge in [0.1, 0.15) is 16.1 Å². The van der Waals surface area contributed by atoms with Crippen molar-refractivity contribution >= 4 is 37.3 Å². The van der Waals surface area contributed by atoms with E-state index in [1.165, 1.54) is 18.5 Å². The van der Waals surface area contributed by atoms with Crippen LogP contribution >= 0.6 is 11.3 Å². The van der Waals surface area contributed by atoms with Crippen molar-refractivity contribution in [3.05, 3.63) is 28.9 Å². The quantitative estimate of drug-likeness (QED) is 0.409. The summed E-state index contributed by atoms with van der Waals surface area (Å²) in [5.74, 6) is -0.580. The van der Waals surface area contributed by atoms with Crippen molar-refractivity contribution < 1.29 is 34.8 Å². The molecule has 0 bridgehead atoms. The van der Waals surface area contributed by atoms with E-state index < -0.39 is 43.4 Å². The van der Waals surface area contributed by atoms with E-state index in [1.807, 2.05) is 0 Å². The number of thiazole rings is 1. The number of aryl methyl sites for hydroxylation is 1. The van der Waals surface area contributed by atoms with E-state index in [1.54, 1.807) is 0 Å². The van der Waals surface area contributed by atoms with Gasteiger partial charge in [0, 0.05) is 19.4 Å². The molecule has 0 spiro atoms. The number of sulfone groups is 1. The maximum absolute atomic E-state index is 13.1. The summed E-state index contributed by atoms with van der Waals surface area (Å²) >= 11 is 0.240. The highest BCUT2D eigenvalue weighted by atomic mass is 32.2. The van der Waals surface area contributed by atoms with Crippen molar-refractivity contribution in [1.29, 1.82) is 0 Å². The largest absolute Gasteiger partial charge is 0.427 e. The Labute approximate surface area is 173 Å². The van der Waals surface area contributed by atoms with Gasteiger partial charge in [-0.25, -0.2) is 23.4 Å². The molecule has 4 rings (SSSR count). The van der Waals surface area contributed by atoms with Crippen LogP contribution in [0.3, 0.4) is 0 Å². The monoisotopic (exact) mass is 483 g/mol. The normalized spacial score (nSPS) is 13.5. The Morgan fingerprint density at radius 1 is 1.10 bits per heavy atom. The second-order valence-electron chi connectivity index (χ2n) is 6.47. The SMILES string of the molecule is CCS(=O)(=O)c1c(-c2nc3cc(C(F)(F)F)cnc3n2C)nc2sc(C(F)(F)F)cn12. The lowest BCUT2D eigenvalue weighted by Crippen LogP contribution is -2.10. The number of hydrogen-bond donors (Lipinski definition) is 0. The predicted molar refractivity (Wildman–Crippen MR) is 98.3 cm³/mol. The molecule has 31 heavy (non-hydrogen) atoms. The van der Waals surface area contributed by atoms with Crippen LogP contribution in [-0.2, 0) is 29.2 Å². The van der Waals surface area contributed by atoms with Gasteiger partial charge in [-0.15, -0.1) is 0 Å². The van der Waals surface area contributed by atoms with Gasteiger partial charge in [0.25, 0.3) is 0 Å². The number of rotatable bonds is 3. The molecule has 0 fully saturated rings. The van der Waals surface area contributed by atoms with Gasteiger partial charge in [-0.05, 0) is 6.07 Å². The van der Waals surface area contributed by atoms with Crippen LogP contribution in [0.25, 0.3) is 27.6 Å². The van der Waals surface area contributed by atoms with Crippen LogP contribution < -0.4 is 0 Å². The summed E-state index contributed by atoms with van der Waals surface area (Å²) in [6.45, 7) is 1.31. The topological polar surface area (TPSA) is 82.1 Å². The van der Waals surface area contributed by atoms with E-state index in [4.69, 9.17) is 0 Å². The van der Waals surface area contributed by atoms with Crippen LogP contribution in [0.2, 0.25) is 0 Å². The Morgan fingerprint density at radius 2 is 1.77 bits per heavy atom. The van der Waals surface area contributed by atoms with Gasteiger partial charge in [0.2, 0.25) is 0 Å². The zero-order chi connectivity index (χ0) is 22.9. The van der Waals surface area contributed by atoms with Crippen LogP contribution in [0.1, 0.15) is 17.4 Å². The lowest BCUT2D eigenvalue weighted by Gasteiger charge is -2.06. The van der Waals surface area contributed by atoms with Gasteiger partial charge in [-0.1, -0.05) is 18.3 Å². The Kier molecular flexibility index (Phi) is 4.63. The van der Waals surface area contributed by atoms with Gasteiger partial charge in [-0.3, -0.25) is 4.40 Å². The van der Waals surface area contributed by atoms with E-state index in [-0.39, 0.29) is 39.0 Å². The molecule has 0 aromatic carbocycles. The summed E-state index contributed by atoms with van der Waals surface area (Å²) < 4.78 is 106. The molecule has 0 atom stereocenters. The maximum atomic E-state index is 13.1. The second kappa shape index (κ2) is 6.66. The van der Waals surface area contributed by atoms with E-state index in [2.05, 4.69) is 15.0 Å². The zero-order valence-electron chi connectivity index (χ0n) is 15.6. The van der Waals surface area contributed by atoms with E-state index >= 15 is 0 Å². The first-order valence-corrected chi connectivity index (χ1v) is 10.9. The molecule has 7 nitrogen and oxygen atoms in total. The Hall–Kier alpha value is -2.68. The van der Waals surface area contributed by atoms with Crippen molar-refractivity contribution in [3.63, 3.8) is 0 Å². The molecule has 4 aromatic rings. The molecule has 0 unspecified atom stereocenters. The predicted octanol–water partition coefficient (Wildman–Crippen LogP) is 4.18. The average molecular weight is 483 g/mol. The lowest BCUT2D eigenvalue weighted by molar-refractivity contribution is -0.137. The fourth-order valence-electron chi connectivity index (χ4n) is 2.98. The molecule has 15 heteroatoms. The molecule has 4 heterocycles. The van der Waals surface area contributed by atoms with Crippen molar-refractivity contribution in [2.24, 2.45) is 7.05 Å². The summed E-state index contributed by atoms with van der Waals surface area (Å²) in [6, 6.07) is 0.750. The summed E-state index contributed by atoms with van der Waals surface area (Å²) in [4.78, 5) is 10.5. The van der Waals surface area contributed by atoms with Crippen molar-refractivity contribution in [2.75, 3.05) is 5.75 Å². The Balaban J connectivity index is 2.01. The third kappa shape index (κ3) is 3.44. The third-order valence-electron chi connectivity index (χ3n) is 4.48. The van der Waals surface area contributed by atoms with Gasteiger partial charge < -0.3 is 4.57 Å². The molecule has 4 aromatic heterocycles. The van der Waals surface area contributed by atoms with E-state index in [0.29, 0.717) is 12.4 Å². The number of nitrogens with zero attached hydrogens (tertiary/aromatic N) is 5. The molecule has 0 saturated heterocycles. The Bertz CT molecular complexity index is 1430. The Morgan fingerprint density at radius 3 is 2.35 bits per heavy atom. The van der Waals surface area contributed by atoms with Crippen LogP contribution in [0.4, 0.5) is 26.3 Å². The summed E-state index contributed by atoms with van der Waals surface area (Å²) in [5.41, 5.74) is -1.46. The molecule has 0 N–H and O–H groups in total. The van der Waals surface area contributed by atoms with E-state index in [0.717, 1.165) is 10.5 Å². The van der Waals surface area contributed by atoms with Gasteiger partial charge in [0.05, 0.1) is 11.3 Å². The second-order valence-corrected chi connectivity index (χ2v) is 9.68. The highest BCUT2D eigenvalue weighted by Gasteiger charge is 2.37. The molecule has 0 aliphatic heterocycles. The number of aromatic nitrogens is 5.